The van der Waals surface area contributed by atoms with Gasteiger partial charge in [-0.1, -0.05) is 40.4 Å². The molecular formula is C12H15BrClN. The molecule has 1 aliphatic rings. The SMILES string of the molecule is NC(CCC1CC1)c1cc(Br)ccc1Cl. The van der Waals surface area contributed by atoms with Crippen molar-refractivity contribution in [1.82, 2.24) is 0 Å². The molecule has 0 bridgehead atoms. The average Bonchev–Trinajstić information content (AvgIpc) is 3.02. The monoisotopic (exact) mass is 287 g/mol. The first-order valence-corrected chi connectivity index (χ1v) is 6.54. The van der Waals surface area contributed by atoms with Crippen LogP contribution in [0.25, 0.3) is 0 Å². The first-order valence-electron chi connectivity index (χ1n) is 5.37. The van der Waals surface area contributed by atoms with Crippen LogP contribution in [0.1, 0.15) is 37.3 Å². The fourth-order valence-electron chi connectivity index (χ4n) is 1.78. The number of hydrogen-bond donors (Lipinski definition) is 1. The van der Waals surface area contributed by atoms with Crippen LogP contribution in [0, 0.1) is 5.92 Å². The summed E-state index contributed by atoms with van der Waals surface area (Å²) in [5.74, 6) is 0.932. The molecule has 1 fully saturated rings. The quantitative estimate of drug-likeness (QED) is 0.878. The third kappa shape index (κ3) is 3.20. The molecule has 3 heteroatoms. The van der Waals surface area contributed by atoms with Crippen molar-refractivity contribution in [2.45, 2.75) is 31.7 Å². The van der Waals surface area contributed by atoms with Crippen LogP contribution < -0.4 is 5.73 Å². The summed E-state index contributed by atoms with van der Waals surface area (Å²) in [5, 5.41) is 0.779. The maximum Gasteiger partial charge on any atom is 0.0454 e. The molecule has 2 rings (SSSR count). The van der Waals surface area contributed by atoms with E-state index in [0.717, 1.165) is 27.4 Å². The second-order valence-corrected chi connectivity index (χ2v) is 5.62. The van der Waals surface area contributed by atoms with E-state index in [4.69, 9.17) is 17.3 Å². The molecule has 2 N–H and O–H groups in total. The van der Waals surface area contributed by atoms with E-state index in [2.05, 4.69) is 15.9 Å². The zero-order chi connectivity index (χ0) is 10.8. The second-order valence-electron chi connectivity index (χ2n) is 4.29. The van der Waals surface area contributed by atoms with E-state index in [0.29, 0.717) is 0 Å². The number of nitrogens with two attached hydrogens (primary N) is 1. The predicted molar refractivity (Wildman–Crippen MR) is 68.0 cm³/mol. The Morgan fingerprint density at radius 1 is 1.47 bits per heavy atom. The van der Waals surface area contributed by atoms with E-state index in [9.17, 15) is 0 Å². The molecule has 82 valence electrons. The van der Waals surface area contributed by atoms with Crippen molar-refractivity contribution in [2.75, 3.05) is 0 Å². The molecule has 15 heavy (non-hydrogen) atoms. The summed E-state index contributed by atoms with van der Waals surface area (Å²) in [7, 11) is 0. The third-order valence-electron chi connectivity index (χ3n) is 2.94. The lowest BCUT2D eigenvalue weighted by atomic mass is 10.0. The number of halogens is 2. The molecule has 0 aliphatic heterocycles. The minimum atomic E-state index is 0.0793. The van der Waals surface area contributed by atoms with Gasteiger partial charge in [0.05, 0.1) is 0 Å². The Balaban J connectivity index is 2.02. The minimum absolute atomic E-state index is 0.0793. The van der Waals surface area contributed by atoms with Gasteiger partial charge < -0.3 is 5.73 Å². The molecule has 1 saturated carbocycles. The van der Waals surface area contributed by atoms with Gasteiger partial charge in [-0.05, 0) is 42.5 Å². The van der Waals surface area contributed by atoms with Crippen molar-refractivity contribution >= 4 is 27.5 Å². The minimum Gasteiger partial charge on any atom is -0.324 e. The van der Waals surface area contributed by atoms with Crippen LogP contribution in [0.4, 0.5) is 0 Å². The molecule has 1 aromatic rings. The number of benzene rings is 1. The molecule has 0 amide bonds. The van der Waals surface area contributed by atoms with Gasteiger partial charge in [0.25, 0.3) is 0 Å². The highest BCUT2D eigenvalue weighted by Crippen LogP contribution is 2.36. The van der Waals surface area contributed by atoms with Crippen LogP contribution in [0.2, 0.25) is 5.02 Å². The van der Waals surface area contributed by atoms with Gasteiger partial charge in [0.2, 0.25) is 0 Å². The van der Waals surface area contributed by atoms with E-state index >= 15 is 0 Å². The van der Waals surface area contributed by atoms with Gasteiger partial charge >= 0.3 is 0 Å². The lowest BCUT2D eigenvalue weighted by Gasteiger charge is -2.13. The van der Waals surface area contributed by atoms with Crippen LogP contribution >= 0.6 is 27.5 Å². The predicted octanol–water partition coefficient (Wildman–Crippen LogP) is 4.29. The molecule has 1 atom stereocenters. The van der Waals surface area contributed by atoms with E-state index < -0.39 is 0 Å². The van der Waals surface area contributed by atoms with Gasteiger partial charge in [0.1, 0.15) is 0 Å². The normalized spacial score (nSPS) is 17.8. The molecule has 1 aromatic carbocycles. The lowest BCUT2D eigenvalue weighted by Crippen LogP contribution is -2.11. The Morgan fingerprint density at radius 2 is 2.20 bits per heavy atom. The summed E-state index contributed by atoms with van der Waals surface area (Å²) in [4.78, 5) is 0. The Hall–Kier alpha value is -0.0500. The van der Waals surface area contributed by atoms with Gasteiger partial charge in [0.15, 0.2) is 0 Å². The van der Waals surface area contributed by atoms with Crippen LogP contribution in [0.15, 0.2) is 22.7 Å². The molecule has 1 nitrogen and oxygen atoms in total. The molecule has 0 spiro atoms. The highest BCUT2D eigenvalue weighted by atomic mass is 79.9. The van der Waals surface area contributed by atoms with Crippen molar-refractivity contribution in [3.05, 3.63) is 33.3 Å². The first kappa shape index (κ1) is 11.4. The Kier molecular flexibility index (Phi) is 3.70. The standard InChI is InChI=1S/C12H15BrClN/c13-9-4-5-11(14)10(7-9)12(15)6-3-8-1-2-8/h4-5,7-8,12H,1-3,6,15H2. The van der Waals surface area contributed by atoms with Gasteiger partial charge in [-0.3, -0.25) is 0 Å². The fourth-order valence-corrected chi connectivity index (χ4v) is 2.41. The fraction of sp³-hybridized carbons (Fsp3) is 0.500. The van der Waals surface area contributed by atoms with Crippen molar-refractivity contribution in [1.29, 1.82) is 0 Å². The van der Waals surface area contributed by atoms with Gasteiger partial charge in [0, 0.05) is 15.5 Å². The van der Waals surface area contributed by atoms with E-state index in [1.54, 1.807) is 0 Å². The average molecular weight is 289 g/mol. The van der Waals surface area contributed by atoms with Crippen molar-refractivity contribution in [2.24, 2.45) is 11.7 Å². The summed E-state index contributed by atoms with van der Waals surface area (Å²) in [6.07, 6.45) is 5.06. The molecule has 0 radical (unpaired) electrons. The summed E-state index contributed by atoms with van der Waals surface area (Å²) < 4.78 is 1.05. The zero-order valence-electron chi connectivity index (χ0n) is 8.55. The summed E-state index contributed by atoms with van der Waals surface area (Å²) in [6.45, 7) is 0. The molecule has 1 unspecified atom stereocenters. The Morgan fingerprint density at radius 3 is 2.87 bits per heavy atom. The third-order valence-corrected chi connectivity index (χ3v) is 3.78. The van der Waals surface area contributed by atoms with Crippen LogP contribution in [-0.4, -0.2) is 0 Å². The van der Waals surface area contributed by atoms with Gasteiger partial charge in [-0.15, -0.1) is 0 Å². The maximum atomic E-state index is 6.14. The van der Waals surface area contributed by atoms with Gasteiger partial charge in [-0.25, -0.2) is 0 Å². The highest BCUT2D eigenvalue weighted by Gasteiger charge is 2.22. The highest BCUT2D eigenvalue weighted by molar-refractivity contribution is 9.10. The Labute approximate surface area is 104 Å². The summed E-state index contributed by atoms with van der Waals surface area (Å²) >= 11 is 9.56. The molecule has 0 saturated heterocycles. The van der Waals surface area contributed by atoms with Crippen molar-refractivity contribution in [3.63, 3.8) is 0 Å². The molecule has 1 aliphatic carbocycles. The zero-order valence-corrected chi connectivity index (χ0v) is 10.9. The number of rotatable bonds is 4. The maximum absolute atomic E-state index is 6.14. The number of hydrogen-bond acceptors (Lipinski definition) is 1. The summed E-state index contributed by atoms with van der Waals surface area (Å²) in [6, 6.07) is 5.95. The van der Waals surface area contributed by atoms with E-state index in [-0.39, 0.29) is 6.04 Å². The van der Waals surface area contributed by atoms with Gasteiger partial charge in [-0.2, -0.15) is 0 Å². The van der Waals surface area contributed by atoms with Crippen LogP contribution in [-0.2, 0) is 0 Å². The van der Waals surface area contributed by atoms with E-state index in [1.165, 1.54) is 19.3 Å². The van der Waals surface area contributed by atoms with Crippen molar-refractivity contribution < 1.29 is 0 Å². The molecule has 0 aromatic heterocycles. The van der Waals surface area contributed by atoms with Crippen LogP contribution in [0.3, 0.4) is 0 Å². The first-order chi connectivity index (χ1) is 7.16. The topological polar surface area (TPSA) is 26.0 Å². The molecule has 0 heterocycles. The largest absolute Gasteiger partial charge is 0.324 e. The Bertz CT molecular complexity index is 349. The lowest BCUT2D eigenvalue weighted by molar-refractivity contribution is 0.575. The van der Waals surface area contributed by atoms with Crippen molar-refractivity contribution in [3.8, 4) is 0 Å². The van der Waals surface area contributed by atoms with E-state index in [1.807, 2.05) is 18.2 Å². The molecular weight excluding hydrogens is 273 g/mol. The van der Waals surface area contributed by atoms with Crippen LogP contribution in [0.5, 0.6) is 0 Å². The smallest absolute Gasteiger partial charge is 0.0454 e. The second kappa shape index (κ2) is 4.86. The summed E-state index contributed by atoms with van der Waals surface area (Å²) in [5.41, 5.74) is 7.20.